The summed E-state index contributed by atoms with van der Waals surface area (Å²) < 4.78 is 1.65. The van der Waals surface area contributed by atoms with Gasteiger partial charge >= 0.3 is 0 Å². The average Bonchev–Trinajstić information content (AvgIpc) is 3.12. The molecule has 1 aliphatic heterocycles. The Morgan fingerprint density at radius 1 is 1.19 bits per heavy atom. The lowest BCUT2D eigenvalue weighted by Crippen LogP contribution is -2.35. The van der Waals surface area contributed by atoms with Gasteiger partial charge in [-0.2, -0.15) is 0 Å². The van der Waals surface area contributed by atoms with Crippen molar-refractivity contribution in [1.29, 1.82) is 0 Å². The van der Waals surface area contributed by atoms with Crippen LogP contribution in [0.4, 0.5) is 5.69 Å². The standard InChI is InChI=1S/C21H21N3O2S/c1-3-23-20(26)16-9-5-6-10-17(16)22-21(23)27-14(2)19(25)24-13-12-15-8-4-7-11-18(15)24/h4-11,14H,3,12-13H2,1-2H3/t14-/m1/s1. The maximum atomic E-state index is 13.1. The highest BCUT2D eigenvalue weighted by Crippen LogP contribution is 2.31. The maximum Gasteiger partial charge on any atom is 0.262 e. The van der Waals surface area contributed by atoms with Gasteiger partial charge in [0, 0.05) is 18.8 Å². The summed E-state index contributed by atoms with van der Waals surface area (Å²) in [6.07, 6.45) is 0.882. The summed E-state index contributed by atoms with van der Waals surface area (Å²) in [6, 6.07) is 15.4. The lowest BCUT2D eigenvalue weighted by molar-refractivity contribution is -0.117. The zero-order valence-electron chi connectivity index (χ0n) is 15.4. The number of hydrogen-bond acceptors (Lipinski definition) is 4. The quantitative estimate of drug-likeness (QED) is 0.514. The summed E-state index contributed by atoms with van der Waals surface area (Å²) in [7, 11) is 0. The summed E-state index contributed by atoms with van der Waals surface area (Å²) in [5, 5.41) is 0.868. The van der Waals surface area contributed by atoms with Crippen LogP contribution in [0.15, 0.2) is 58.5 Å². The predicted octanol–water partition coefficient (Wildman–Crippen LogP) is 3.49. The minimum atomic E-state index is -0.331. The van der Waals surface area contributed by atoms with E-state index in [0.29, 0.717) is 29.1 Å². The van der Waals surface area contributed by atoms with Gasteiger partial charge in [0.15, 0.2) is 5.16 Å². The molecule has 0 radical (unpaired) electrons. The van der Waals surface area contributed by atoms with Crippen molar-refractivity contribution >= 4 is 34.3 Å². The highest BCUT2D eigenvalue weighted by Gasteiger charge is 2.29. The third-order valence-electron chi connectivity index (χ3n) is 4.93. The van der Waals surface area contributed by atoms with Crippen molar-refractivity contribution in [3.05, 3.63) is 64.4 Å². The molecule has 0 aliphatic carbocycles. The number of nitrogens with zero attached hydrogens (tertiary/aromatic N) is 3. The number of aromatic nitrogens is 2. The summed E-state index contributed by atoms with van der Waals surface area (Å²) in [5.41, 5.74) is 2.81. The molecular formula is C21H21N3O2S. The lowest BCUT2D eigenvalue weighted by atomic mass is 10.2. The zero-order chi connectivity index (χ0) is 19.0. The Hall–Kier alpha value is -2.60. The van der Waals surface area contributed by atoms with E-state index in [4.69, 9.17) is 0 Å². The lowest BCUT2D eigenvalue weighted by Gasteiger charge is -2.22. The van der Waals surface area contributed by atoms with E-state index in [1.807, 2.05) is 55.1 Å². The predicted molar refractivity (Wildman–Crippen MR) is 109 cm³/mol. The Morgan fingerprint density at radius 3 is 2.74 bits per heavy atom. The first kappa shape index (κ1) is 17.8. The molecule has 3 aromatic rings. The number of fused-ring (bicyclic) bond motifs is 2. The van der Waals surface area contributed by atoms with E-state index in [-0.39, 0.29) is 16.7 Å². The number of hydrogen-bond donors (Lipinski definition) is 0. The van der Waals surface area contributed by atoms with Crippen LogP contribution >= 0.6 is 11.8 Å². The third-order valence-corrected chi connectivity index (χ3v) is 6.00. The molecule has 4 rings (SSSR count). The molecule has 2 heterocycles. The van der Waals surface area contributed by atoms with Crippen molar-refractivity contribution in [2.45, 2.75) is 37.2 Å². The van der Waals surface area contributed by atoms with E-state index < -0.39 is 0 Å². The monoisotopic (exact) mass is 379 g/mol. The Balaban J connectivity index is 1.64. The molecule has 0 spiro atoms. The number of anilines is 1. The molecule has 1 aliphatic rings. The number of thioether (sulfide) groups is 1. The van der Waals surface area contributed by atoms with E-state index in [9.17, 15) is 9.59 Å². The van der Waals surface area contributed by atoms with Gasteiger partial charge in [-0.3, -0.25) is 14.2 Å². The molecule has 5 nitrogen and oxygen atoms in total. The average molecular weight is 379 g/mol. The van der Waals surface area contributed by atoms with Gasteiger partial charge in [-0.1, -0.05) is 42.1 Å². The van der Waals surface area contributed by atoms with Gasteiger partial charge in [-0.25, -0.2) is 4.98 Å². The fourth-order valence-electron chi connectivity index (χ4n) is 3.51. The second-order valence-corrected chi connectivity index (χ2v) is 7.90. The van der Waals surface area contributed by atoms with Crippen LogP contribution in [0.5, 0.6) is 0 Å². The Morgan fingerprint density at radius 2 is 1.93 bits per heavy atom. The Kier molecular flexibility index (Phi) is 4.74. The van der Waals surface area contributed by atoms with Crippen molar-refractivity contribution in [3.8, 4) is 0 Å². The van der Waals surface area contributed by atoms with Gasteiger partial charge in [0.25, 0.3) is 5.56 Å². The van der Waals surface area contributed by atoms with Gasteiger partial charge in [0.05, 0.1) is 16.2 Å². The van der Waals surface area contributed by atoms with E-state index >= 15 is 0 Å². The topological polar surface area (TPSA) is 55.2 Å². The first-order valence-corrected chi connectivity index (χ1v) is 10.0. The van der Waals surface area contributed by atoms with Crippen LogP contribution in [0, 0.1) is 0 Å². The van der Waals surface area contributed by atoms with Crippen LogP contribution in [0.3, 0.4) is 0 Å². The minimum absolute atomic E-state index is 0.0509. The number of rotatable bonds is 4. The minimum Gasteiger partial charge on any atom is -0.311 e. The van der Waals surface area contributed by atoms with Crippen molar-refractivity contribution in [2.75, 3.05) is 11.4 Å². The van der Waals surface area contributed by atoms with E-state index in [2.05, 4.69) is 11.1 Å². The molecule has 1 aromatic heterocycles. The van der Waals surface area contributed by atoms with Crippen LogP contribution in [0.1, 0.15) is 19.4 Å². The fraction of sp³-hybridized carbons (Fsp3) is 0.286. The third kappa shape index (κ3) is 3.14. The zero-order valence-corrected chi connectivity index (χ0v) is 16.2. The van der Waals surface area contributed by atoms with Crippen molar-refractivity contribution in [2.24, 2.45) is 0 Å². The molecule has 0 unspecified atom stereocenters. The molecule has 27 heavy (non-hydrogen) atoms. The van der Waals surface area contributed by atoms with E-state index in [0.717, 1.165) is 12.1 Å². The summed E-state index contributed by atoms with van der Waals surface area (Å²) in [5.74, 6) is 0.0509. The Labute approximate surface area is 162 Å². The molecule has 1 atom stereocenters. The number of amides is 1. The number of benzene rings is 2. The molecule has 0 saturated heterocycles. The number of carbonyl (C=O) groups excluding carboxylic acids is 1. The van der Waals surface area contributed by atoms with Crippen molar-refractivity contribution in [1.82, 2.24) is 9.55 Å². The van der Waals surface area contributed by atoms with Gasteiger partial charge in [0.1, 0.15) is 0 Å². The van der Waals surface area contributed by atoms with Crippen LogP contribution in [0.25, 0.3) is 10.9 Å². The molecule has 138 valence electrons. The van der Waals surface area contributed by atoms with E-state index in [1.54, 1.807) is 10.6 Å². The highest BCUT2D eigenvalue weighted by atomic mass is 32.2. The smallest absolute Gasteiger partial charge is 0.262 e. The summed E-state index contributed by atoms with van der Waals surface area (Å²) >= 11 is 1.35. The largest absolute Gasteiger partial charge is 0.311 e. The SMILES string of the molecule is CCn1c(S[C@H](C)C(=O)N2CCc3ccccc32)nc2ccccc2c1=O. The molecule has 1 amide bonds. The Bertz CT molecular complexity index is 1080. The molecule has 0 N–H and O–H groups in total. The first-order valence-electron chi connectivity index (χ1n) is 9.15. The van der Waals surface area contributed by atoms with Crippen LogP contribution in [-0.2, 0) is 17.8 Å². The molecule has 0 fully saturated rings. The molecule has 0 bridgehead atoms. The van der Waals surface area contributed by atoms with Crippen LogP contribution in [0.2, 0.25) is 0 Å². The maximum absolute atomic E-state index is 13.1. The second kappa shape index (κ2) is 7.19. The van der Waals surface area contributed by atoms with Crippen LogP contribution < -0.4 is 10.5 Å². The van der Waals surface area contributed by atoms with Gasteiger partial charge in [0.2, 0.25) is 5.91 Å². The van der Waals surface area contributed by atoms with E-state index in [1.165, 1.54) is 17.3 Å². The second-order valence-electron chi connectivity index (χ2n) is 6.59. The fourth-order valence-corrected chi connectivity index (χ4v) is 4.55. The van der Waals surface area contributed by atoms with Gasteiger partial charge < -0.3 is 4.90 Å². The van der Waals surface area contributed by atoms with Crippen molar-refractivity contribution in [3.63, 3.8) is 0 Å². The normalized spacial score (nSPS) is 14.4. The molecule has 2 aromatic carbocycles. The van der Waals surface area contributed by atoms with Gasteiger partial charge in [-0.15, -0.1) is 0 Å². The highest BCUT2D eigenvalue weighted by molar-refractivity contribution is 8.00. The van der Waals surface area contributed by atoms with Crippen molar-refractivity contribution < 1.29 is 4.79 Å². The molecular weight excluding hydrogens is 358 g/mol. The summed E-state index contributed by atoms with van der Waals surface area (Å²) in [4.78, 5) is 32.3. The van der Waals surface area contributed by atoms with Crippen LogP contribution in [-0.4, -0.2) is 27.3 Å². The molecule has 6 heteroatoms. The number of carbonyl (C=O) groups is 1. The first-order chi connectivity index (χ1) is 13.1. The van der Waals surface area contributed by atoms with Gasteiger partial charge in [-0.05, 0) is 44.0 Å². The number of para-hydroxylation sites is 2. The molecule has 0 saturated carbocycles. The summed E-state index contributed by atoms with van der Waals surface area (Å²) in [6.45, 7) is 5.03.